The molecule has 7 heteroatoms. The van der Waals surface area contributed by atoms with Crippen LogP contribution in [-0.2, 0) is 13.0 Å². The van der Waals surface area contributed by atoms with Crippen LogP contribution in [0.1, 0.15) is 5.56 Å². The van der Waals surface area contributed by atoms with Crippen molar-refractivity contribution in [3.8, 4) is 40.0 Å². The summed E-state index contributed by atoms with van der Waals surface area (Å²) in [5.74, 6) is 2.96. The van der Waals surface area contributed by atoms with Crippen LogP contribution in [0.15, 0.2) is 30.5 Å². The number of ether oxygens (including phenoxy) is 4. The molecule has 3 heterocycles. The van der Waals surface area contributed by atoms with Crippen molar-refractivity contribution in [3.63, 3.8) is 0 Å². The van der Waals surface area contributed by atoms with E-state index in [-0.39, 0.29) is 24.9 Å². The largest absolute Gasteiger partial charge is 1.00 e. The van der Waals surface area contributed by atoms with Gasteiger partial charge in [0.1, 0.15) is 0 Å². The first kappa shape index (κ1) is 17.5. The lowest BCUT2D eigenvalue weighted by molar-refractivity contribution is -0.686. The lowest BCUT2D eigenvalue weighted by Gasteiger charge is -2.18. The summed E-state index contributed by atoms with van der Waals surface area (Å²) in [6.45, 7) is 0.991. The van der Waals surface area contributed by atoms with Crippen LogP contribution in [0.5, 0.6) is 28.7 Å². The van der Waals surface area contributed by atoms with Crippen LogP contribution in [-0.4, -0.2) is 26.1 Å². The van der Waals surface area contributed by atoms with Gasteiger partial charge in [-0.1, -0.05) is 0 Å². The molecule has 6 nitrogen and oxygen atoms in total. The van der Waals surface area contributed by atoms with Gasteiger partial charge in [-0.2, -0.15) is 4.57 Å². The Hall–Kier alpha value is -2.86. The van der Waals surface area contributed by atoms with Gasteiger partial charge >= 0.3 is 0 Å². The summed E-state index contributed by atoms with van der Waals surface area (Å²) in [7, 11) is 3.21. The van der Waals surface area contributed by atoms with Crippen LogP contribution in [0.3, 0.4) is 0 Å². The Bertz CT molecular complexity index is 1070. The highest BCUT2D eigenvalue weighted by atomic mass is 35.5. The molecule has 3 aromatic rings. The van der Waals surface area contributed by atoms with Crippen LogP contribution in [0, 0.1) is 0 Å². The third kappa shape index (κ3) is 2.44. The normalized spacial score (nSPS) is 13.6. The van der Waals surface area contributed by atoms with Gasteiger partial charge in [0.25, 0.3) is 5.69 Å². The zero-order valence-electron chi connectivity index (χ0n) is 14.9. The summed E-state index contributed by atoms with van der Waals surface area (Å²) in [5, 5.41) is 12.6. The SMILES string of the molecule is COc1ccc2c(O)c3[n+](cc2c1OC)CCc1cc2c(cc1-3)OCO2.[Cl-]. The predicted octanol–water partition coefficient (Wildman–Crippen LogP) is -0.194. The highest BCUT2D eigenvalue weighted by Gasteiger charge is 2.32. The third-order valence-electron chi connectivity index (χ3n) is 5.11. The molecule has 0 radical (unpaired) electrons. The van der Waals surface area contributed by atoms with Gasteiger partial charge in [-0.25, -0.2) is 0 Å². The second kappa shape index (κ2) is 6.39. The number of pyridine rings is 1. The van der Waals surface area contributed by atoms with Gasteiger partial charge in [0.15, 0.2) is 41.5 Å². The zero-order valence-corrected chi connectivity index (χ0v) is 15.7. The molecule has 5 rings (SSSR count). The molecule has 0 fully saturated rings. The highest BCUT2D eigenvalue weighted by Crippen LogP contribution is 2.45. The molecule has 140 valence electrons. The number of aromatic nitrogens is 1. The molecule has 2 aromatic carbocycles. The minimum atomic E-state index is 0. The van der Waals surface area contributed by atoms with Crippen molar-refractivity contribution in [2.45, 2.75) is 13.0 Å². The third-order valence-corrected chi connectivity index (χ3v) is 5.11. The van der Waals surface area contributed by atoms with Crippen LogP contribution in [0.25, 0.3) is 22.0 Å². The monoisotopic (exact) mass is 387 g/mol. The van der Waals surface area contributed by atoms with E-state index in [1.807, 2.05) is 24.4 Å². The summed E-state index contributed by atoms with van der Waals surface area (Å²) in [5.41, 5.74) is 2.89. The van der Waals surface area contributed by atoms with E-state index in [1.165, 1.54) is 0 Å². The van der Waals surface area contributed by atoms with Crippen molar-refractivity contribution in [3.05, 3.63) is 36.0 Å². The lowest BCUT2D eigenvalue weighted by atomic mass is 9.94. The average molecular weight is 388 g/mol. The van der Waals surface area contributed by atoms with E-state index in [0.29, 0.717) is 17.2 Å². The second-order valence-corrected chi connectivity index (χ2v) is 6.39. The first-order chi connectivity index (χ1) is 12.7. The van der Waals surface area contributed by atoms with Crippen molar-refractivity contribution in [2.75, 3.05) is 21.0 Å². The quantitative estimate of drug-likeness (QED) is 0.617. The number of hydrogen-bond donors (Lipinski definition) is 1. The van der Waals surface area contributed by atoms with Crippen LogP contribution < -0.4 is 35.9 Å². The zero-order chi connectivity index (χ0) is 17.8. The van der Waals surface area contributed by atoms with Gasteiger partial charge in [-0.15, -0.1) is 0 Å². The fourth-order valence-electron chi connectivity index (χ4n) is 3.88. The molecular weight excluding hydrogens is 370 g/mol. The van der Waals surface area contributed by atoms with E-state index < -0.39 is 0 Å². The van der Waals surface area contributed by atoms with E-state index in [9.17, 15) is 5.11 Å². The van der Waals surface area contributed by atoms with E-state index in [2.05, 4.69) is 4.57 Å². The summed E-state index contributed by atoms with van der Waals surface area (Å²) in [6.07, 6.45) is 2.86. The van der Waals surface area contributed by atoms with E-state index in [4.69, 9.17) is 18.9 Å². The second-order valence-electron chi connectivity index (χ2n) is 6.39. The minimum Gasteiger partial charge on any atom is -1.00 e. The molecule has 0 amide bonds. The van der Waals surface area contributed by atoms with Crippen molar-refractivity contribution in [2.24, 2.45) is 0 Å². The average Bonchev–Trinajstić information content (AvgIpc) is 3.12. The highest BCUT2D eigenvalue weighted by molar-refractivity contribution is 5.97. The molecule has 27 heavy (non-hydrogen) atoms. The molecule has 0 spiro atoms. The fourth-order valence-corrected chi connectivity index (χ4v) is 3.88. The van der Waals surface area contributed by atoms with Crippen molar-refractivity contribution in [1.29, 1.82) is 0 Å². The smallest absolute Gasteiger partial charge is 0.255 e. The predicted molar refractivity (Wildman–Crippen MR) is 94.2 cm³/mol. The number of benzene rings is 2. The number of halogens is 1. The number of methoxy groups -OCH3 is 2. The van der Waals surface area contributed by atoms with Crippen LogP contribution in [0.4, 0.5) is 0 Å². The Morgan fingerprint density at radius 2 is 1.81 bits per heavy atom. The van der Waals surface area contributed by atoms with Crippen molar-refractivity contribution < 1.29 is 41.0 Å². The number of hydrogen-bond acceptors (Lipinski definition) is 5. The van der Waals surface area contributed by atoms with Crippen LogP contribution >= 0.6 is 0 Å². The molecule has 2 aliphatic heterocycles. The number of fused-ring (bicyclic) bond motifs is 5. The van der Waals surface area contributed by atoms with E-state index in [1.54, 1.807) is 20.3 Å². The van der Waals surface area contributed by atoms with Crippen molar-refractivity contribution in [1.82, 2.24) is 0 Å². The molecule has 0 saturated heterocycles. The molecule has 1 N–H and O–H groups in total. The van der Waals surface area contributed by atoms with Gasteiger partial charge in [0.2, 0.25) is 6.79 Å². The molecule has 0 atom stereocenters. The number of nitrogens with zero attached hydrogens (tertiary/aromatic N) is 1. The summed E-state index contributed by atoms with van der Waals surface area (Å²) >= 11 is 0. The molecule has 0 saturated carbocycles. The Labute approximate surface area is 162 Å². The maximum atomic E-state index is 11.1. The number of aryl methyl sites for hydroxylation is 2. The molecule has 0 bridgehead atoms. The molecular formula is C20H18ClNO5. The van der Waals surface area contributed by atoms with Gasteiger partial charge in [0, 0.05) is 11.8 Å². The topological polar surface area (TPSA) is 61.0 Å². The standard InChI is InChI=1S/C20H17NO5.ClH/c1-23-15-4-3-12-14(20(15)24-2)9-21-6-5-11-7-16-17(26-10-25-16)8-13(11)18(21)19(12)22;/h3-4,7-9H,5-6,10H2,1-2H3;1H. The Balaban J connectivity index is 0.00000180. The Morgan fingerprint density at radius 3 is 2.56 bits per heavy atom. The van der Waals surface area contributed by atoms with Gasteiger partial charge in [-0.3, -0.25) is 0 Å². The molecule has 0 unspecified atom stereocenters. The van der Waals surface area contributed by atoms with Gasteiger partial charge in [-0.05, 0) is 29.8 Å². The van der Waals surface area contributed by atoms with E-state index >= 15 is 0 Å². The summed E-state index contributed by atoms with van der Waals surface area (Å²) < 4.78 is 24.0. The maximum absolute atomic E-state index is 11.1. The summed E-state index contributed by atoms with van der Waals surface area (Å²) in [6, 6.07) is 7.63. The molecule has 1 aromatic heterocycles. The maximum Gasteiger partial charge on any atom is 0.255 e. The minimum absolute atomic E-state index is 0. The summed E-state index contributed by atoms with van der Waals surface area (Å²) in [4.78, 5) is 0. The number of rotatable bonds is 2. The molecule has 2 aliphatic rings. The lowest BCUT2D eigenvalue weighted by Crippen LogP contribution is -3.00. The first-order valence-corrected chi connectivity index (χ1v) is 8.44. The van der Waals surface area contributed by atoms with Gasteiger partial charge < -0.3 is 36.5 Å². The Morgan fingerprint density at radius 1 is 1.04 bits per heavy atom. The van der Waals surface area contributed by atoms with Crippen molar-refractivity contribution >= 4 is 10.8 Å². The van der Waals surface area contributed by atoms with Crippen LogP contribution in [0.2, 0.25) is 0 Å². The first-order valence-electron chi connectivity index (χ1n) is 8.44. The number of aromatic hydroxyl groups is 1. The Kier molecular flexibility index (Phi) is 4.15. The van der Waals surface area contributed by atoms with E-state index in [0.717, 1.165) is 46.3 Å². The fraction of sp³-hybridized carbons (Fsp3) is 0.250. The molecule has 0 aliphatic carbocycles. The van der Waals surface area contributed by atoms with Gasteiger partial charge in [0.05, 0.1) is 25.2 Å².